The third kappa shape index (κ3) is 2.35. The molecule has 1 atom stereocenters. The summed E-state index contributed by atoms with van der Waals surface area (Å²) in [6.45, 7) is 1.63. The molecule has 0 fully saturated rings. The summed E-state index contributed by atoms with van der Waals surface area (Å²) in [6.07, 6.45) is 0.661. The van der Waals surface area contributed by atoms with E-state index in [2.05, 4.69) is 5.10 Å². The largest absolute Gasteiger partial charge is 0.298 e. The number of Topliss-reactive ketones (excluding diaryl/α,β-unsaturated/α-hetero) is 1. The highest BCUT2D eigenvalue weighted by Crippen LogP contribution is 2.26. The second kappa shape index (κ2) is 5.29. The van der Waals surface area contributed by atoms with E-state index in [-0.39, 0.29) is 11.8 Å². The van der Waals surface area contributed by atoms with Gasteiger partial charge in [0.25, 0.3) is 0 Å². The van der Waals surface area contributed by atoms with Crippen LogP contribution in [0.15, 0.2) is 65.8 Å². The molecular weight excluding hydrogens is 248 g/mol. The Morgan fingerprint density at radius 3 is 2.25 bits per heavy atom. The van der Waals surface area contributed by atoms with Crippen LogP contribution in [0.4, 0.5) is 5.69 Å². The van der Waals surface area contributed by atoms with E-state index in [0.29, 0.717) is 6.42 Å². The molecule has 3 rings (SSSR count). The average molecular weight is 264 g/mol. The molecule has 0 spiro atoms. The van der Waals surface area contributed by atoms with Crippen LogP contribution in [-0.4, -0.2) is 17.5 Å². The van der Waals surface area contributed by atoms with Gasteiger partial charge in [-0.25, -0.2) is 0 Å². The third-order valence-electron chi connectivity index (χ3n) is 3.51. The van der Waals surface area contributed by atoms with Crippen LogP contribution in [0.2, 0.25) is 0 Å². The summed E-state index contributed by atoms with van der Waals surface area (Å²) in [5.74, 6) is 0.142. The van der Waals surface area contributed by atoms with Gasteiger partial charge in [-0.2, -0.15) is 5.10 Å². The van der Waals surface area contributed by atoms with Crippen molar-refractivity contribution in [2.24, 2.45) is 5.10 Å². The van der Waals surface area contributed by atoms with Crippen LogP contribution in [0, 0.1) is 0 Å². The Labute approximate surface area is 118 Å². The zero-order valence-corrected chi connectivity index (χ0v) is 11.4. The second-order valence-electron chi connectivity index (χ2n) is 4.92. The number of para-hydroxylation sites is 1. The van der Waals surface area contributed by atoms with E-state index in [9.17, 15) is 4.79 Å². The molecule has 0 radical (unpaired) electrons. The van der Waals surface area contributed by atoms with Gasteiger partial charge in [-0.05, 0) is 24.6 Å². The van der Waals surface area contributed by atoms with Gasteiger partial charge in [-0.1, -0.05) is 48.5 Å². The first-order valence-electron chi connectivity index (χ1n) is 6.73. The minimum Gasteiger partial charge on any atom is -0.298 e. The van der Waals surface area contributed by atoms with Crippen molar-refractivity contribution in [2.45, 2.75) is 19.4 Å². The van der Waals surface area contributed by atoms with Crippen LogP contribution in [0.5, 0.6) is 0 Å². The number of carbonyl (C=O) groups is 1. The van der Waals surface area contributed by atoms with Crippen molar-refractivity contribution in [3.63, 3.8) is 0 Å². The molecule has 0 aliphatic carbocycles. The number of anilines is 1. The van der Waals surface area contributed by atoms with Crippen molar-refractivity contribution in [1.82, 2.24) is 0 Å². The van der Waals surface area contributed by atoms with Gasteiger partial charge in [0.05, 0.1) is 11.4 Å². The molecule has 0 bridgehead atoms. The molecule has 20 heavy (non-hydrogen) atoms. The Morgan fingerprint density at radius 2 is 1.65 bits per heavy atom. The number of carbonyl (C=O) groups excluding carboxylic acids is 1. The van der Waals surface area contributed by atoms with Crippen LogP contribution in [0.1, 0.15) is 18.9 Å². The lowest BCUT2D eigenvalue weighted by atomic mass is 10.0. The van der Waals surface area contributed by atoms with Gasteiger partial charge in [-0.15, -0.1) is 0 Å². The quantitative estimate of drug-likeness (QED) is 0.852. The standard InChI is InChI=1S/C17H16N2O/c1-13(20)17-12-16(14-8-4-2-5-9-14)18-19(17)15-10-6-3-7-11-15/h2-11,17H,12H2,1H3. The molecule has 2 aromatic rings. The molecule has 0 N–H and O–H groups in total. The van der Waals surface area contributed by atoms with E-state index in [4.69, 9.17) is 0 Å². The van der Waals surface area contributed by atoms with Crippen LogP contribution in [0.3, 0.4) is 0 Å². The molecular formula is C17H16N2O. The van der Waals surface area contributed by atoms with Crippen LogP contribution >= 0.6 is 0 Å². The first-order chi connectivity index (χ1) is 9.75. The van der Waals surface area contributed by atoms with Crippen LogP contribution in [-0.2, 0) is 4.79 Å². The fraction of sp³-hybridized carbons (Fsp3) is 0.176. The fourth-order valence-electron chi connectivity index (χ4n) is 2.45. The summed E-state index contributed by atoms with van der Waals surface area (Å²) in [6, 6.07) is 19.7. The Morgan fingerprint density at radius 1 is 1.05 bits per heavy atom. The number of hydrazone groups is 1. The molecule has 0 aromatic heterocycles. The zero-order valence-electron chi connectivity index (χ0n) is 11.4. The number of rotatable bonds is 3. The Balaban J connectivity index is 1.98. The minimum absolute atomic E-state index is 0.142. The lowest BCUT2D eigenvalue weighted by Gasteiger charge is -2.20. The van der Waals surface area contributed by atoms with Crippen molar-refractivity contribution in [3.8, 4) is 0 Å². The van der Waals surface area contributed by atoms with E-state index in [1.165, 1.54) is 0 Å². The molecule has 1 unspecified atom stereocenters. The van der Waals surface area contributed by atoms with Gasteiger partial charge in [0.2, 0.25) is 0 Å². The van der Waals surface area contributed by atoms with E-state index in [1.807, 2.05) is 65.7 Å². The SMILES string of the molecule is CC(=O)C1CC(c2ccccc2)=NN1c1ccccc1. The number of benzene rings is 2. The molecule has 0 saturated carbocycles. The predicted octanol–water partition coefficient (Wildman–Crippen LogP) is 3.26. The normalized spacial score (nSPS) is 17.9. The van der Waals surface area contributed by atoms with Crippen molar-refractivity contribution in [3.05, 3.63) is 66.2 Å². The molecule has 3 nitrogen and oxygen atoms in total. The van der Waals surface area contributed by atoms with E-state index in [1.54, 1.807) is 6.92 Å². The van der Waals surface area contributed by atoms with Gasteiger partial charge >= 0.3 is 0 Å². The van der Waals surface area contributed by atoms with Crippen LogP contribution < -0.4 is 5.01 Å². The van der Waals surface area contributed by atoms with Gasteiger partial charge in [0.1, 0.15) is 6.04 Å². The Bertz CT molecular complexity index is 635. The molecule has 1 aliphatic heterocycles. The maximum atomic E-state index is 11.9. The molecule has 1 aliphatic rings. The maximum Gasteiger partial charge on any atom is 0.154 e. The highest BCUT2D eigenvalue weighted by molar-refractivity contribution is 6.07. The van der Waals surface area contributed by atoms with Gasteiger partial charge in [0.15, 0.2) is 5.78 Å². The van der Waals surface area contributed by atoms with Crippen molar-refractivity contribution in [1.29, 1.82) is 0 Å². The summed E-state index contributed by atoms with van der Waals surface area (Å²) < 4.78 is 0. The van der Waals surface area contributed by atoms with E-state index in [0.717, 1.165) is 17.0 Å². The van der Waals surface area contributed by atoms with Gasteiger partial charge < -0.3 is 0 Å². The van der Waals surface area contributed by atoms with Crippen LogP contribution in [0.25, 0.3) is 0 Å². The van der Waals surface area contributed by atoms with E-state index < -0.39 is 0 Å². The molecule has 1 heterocycles. The molecule has 0 saturated heterocycles. The van der Waals surface area contributed by atoms with Crippen molar-refractivity contribution in [2.75, 3.05) is 5.01 Å². The maximum absolute atomic E-state index is 11.9. The van der Waals surface area contributed by atoms with E-state index >= 15 is 0 Å². The summed E-state index contributed by atoms with van der Waals surface area (Å²) in [5, 5.41) is 6.50. The van der Waals surface area contributed by atoms with Gasteiger partial charge in [0, 0.05) is 6.42 Å². The summed E-state index contributed by atoms with van der Waals surface area (Å²) in [7, 11) is 0. The Kier molecular flexibility index (Phi) is 3.33. The zero-order chi connectivity index (χ0) is 13.9. The first-order valence-corrected chi connectivity index (χ1v) is 6.73. The molecule has 2 aromatic carbocycles. The number of ketones is 1. The molecule has 100 valence electrons. The highest BCUT2D eigenvalue weighted by Gasteiger charge is 2.31. The number of hydrogen-bond acceptors (Lipinski definition) is 3. The second-order valence-corrected chi connectivity index (χ2v) is 4.92. The Hall–Kier alpha value is -2.42. The summed E-state index contributed by atoms with van der Waals surface area (Å²) >= 11 is 0. The first kappa shape index (κ1) is 12.6. The molecule has 0 amide bonds. The predicted molar refractivity (Wildman–Crippen MR) is 81.0 cm³/mol. The third-order valence-corrected chi connectivity index (χ3v) is 3.51. The number of nitrogens with zero attached hydrogens (tertiary/aromatic N) is 2. The van der Waals surface area contributed by atoms with Crippen molar-refractivity contribution < 1.29 is 4.79 Å². The average Bonchev–Trinajstić information content (AvgIpc) is 2.94. The molecule has 3 heteroatoms. The smallest absolute Gasteiger partial charge is 0.154 e. The lowest BCUT2D eigenvalue weighted by molar-refractivity contribution is -0.118. The fourth-order valence-corrected chi connectivity index (χ4v) is 2.45. The van der Waals surface area contributed by atoms with Gasteiger partial charge in [-0.3, -0.25) is 9.80 Å². The summed E-state index contributed by atoms with van der Waals surface area (Å²) in [4.78, 5) is 11.9. The highest BCUT2D eigenvalue weighted by atomic mass is 16.1. The topological polar surface area (TPSA) is 32.7 Å². The lowest BCUT2D eigenvalue weighted by Crippen LogP contribution is -2.32. The monoisotopic (exact) mass is 264 g/mol. The number of hydrogen-bond donors (Lipinski definition) is 0. The van der Waals surface area contributed by atoms with Crippen molar-refractivity contribution >= 4 is 17.2 Å². The minimum atomic E-state index is -0.201. The summed E-state index contributed by atoms with van der Waals surface area (Å²) in [5.41, 5.74) is 3.01.